The maximum atomic E-state index is 12.9. The topological polar surface area (TPSA) is 87.7 Å². The van der Waals surface area contributed by atoms with E-state index < -0.39 is 6.04 Å². The Bertz CT molecular complexity index is 488. The highest BCUT2D eigenvalue weighted by molar-refractivity contribution is 5.90. The molecule has 7 nitrogen and oxygen atoms in total. The molecule has 0 spiro atoms. The molecule has 1 aliphatic rings. The van der Waals surface area contributed by atoms with E-state index >= 15 is 0 Å². The SMILES string of the molecule is CN[C@H](C(=O)N[C@@H](CCC(=O)OCC(C)C)C(=O)N1CCCCC1)C(C)C. The predicted octanol–water partition coefficient (Wildman–Crippen LogP) is 1.71. The lowest BCUT2D eigenvalue weighted by molar-refractivity contribution is -0.145. The molecule has 1 fully saturated rings. The van der Waals surface area contributed by atoms with Gasteiger partial charge in [0.25, 0.3) is 0 Å². The van der Waals surface area contributed by atoms with Crippen molar-refractivity contribution in [2.24, 2.45) is 11.8 Å². The number of nitrogens with one attached hydrogen (secondary N) is 2. The first kappa shape index (κ1) is 23.4. The van der Waals surface area contributed by atoms with Crippen LogP contribution in [-0.4, -0.2) is 61.5 Å². The summed E-state index contributed by atoms with van der Waals surface area (Å²) in [5.41, 5.74) is 0. The van der Waals surface area contributed by atoms with E-state index in [9.17, 15) is 14.4 Å². The number of rotatable bonds is 10. The van der Waals surface area contributed by atoms with Crippen LogP contribution in [0.15, 0.2) is 0 Å². The molecule has 2 N–H and O–H groups in total. The number of ether oxygens (including phenoxy) is 1. The van der Waals surface area contributed by atoms with Crippen LogP contribution in [0.3, 0.4) is 0 Å². The highest BCUT2D eigenvalue weighted by Crippen LogP contribution is 2.13. The molecule has 2 atom stereocenters. The van der Waals surface area contributed by atoms with Crippen LogP contribution in [0.1, 0.15) is 59.8 Å². The number of esters is 1. The van der Waals surface area contributed by atoms with Crippen LogP contribution < -0.4 is 10.6 Å². The first-order valence-electron chi connectivity index (χ1n) is 10.2. The van der Waals surface area contributed by atoms with Gasteiger partial charge in [0.05, 0.1) is 12.6 Å². The van der Waals surface area contributed by atoms with Crippen LogP contribution in [-0.2, 0) is 19.1 Å². The molecule has 0 aromatic rings. The zero-order valence-corrected chi connectivity index (χ0v) is 17.5. The van der Waals surface area contributed by atoms with Crippen molar-refractivity contribution in [1.29, 1.82) is 0 Å². The molecular weight excluding hydrogens is 346 g/mol. The molecule has 1 heterocycles. The Morgan fingerprint density at radius 2 is 1.67 bits per heavy atom. The second-order valence-corrected chi connectivity index (χ2v) is 8.07. The molecule has 7 heteroatoms. The number of piperidine rings is 1. The molecule has 27 heavy (non-hydrogen) atoms. The van der Waals surface area contributed by atoms with E-state index in [4.69, 9.17) is 4.74 Å². The number of carbonyl (C=O) groups excluding carboxylic acids is 3. The molecule has 2 amide bonds. The van der Waals surface area contributed by atoms with Crippen molar-refractivity contribution in [2.75, 3.05) is 26.7 Å². The summed E-state index contributed by atoms with van der Waals surface area (Å²) in [6.45, 7) is 9.63. The number of likely N-dealkylation sites (tertiary alicyclic amines) is 1. The van der Waals surface area contributed by atoms with Crippen LogP contribution in [0, 0.1) is 11.8 Å². The van der Waals surface area contributed by atoms with Gasteiger partial charge in [0.1, 0.15) is 6.04 Å². The van der Waals surface area contributed by atoms with Gasteiger partial charge in [0.15, 0.2) is 0 Å². The lowest BCUT2D eigenvalue weighted by atomic mass is 10.0. The summed E-state index contributed by atoms with van der Waals surface area (Å²) in [5.74, 6) is -0.279. The van der Waals surface area contributed by atoms with E-state index in [0.717, 1.165) is 19.3 Å². The second-order valence-electron chi connectivity index (χ2n) is 8.07. The Hall–Kier alpha value is -1.63. The molecule has 0 bridgehead atoms. The van der Waals surface area contributed by atoms with Gasteiger partial charge in [-0.05, 0) is 44.6 Å². The van der Waals surface area contributed by atoms with Gasteiger partial charge in [-0.2, -0.15) is 0 Å². The zero-order chi connectivity index (χ0) is 20.4. The zero-order valence-electron chi connectivity index (χ0n) is 17.5. The van der Waals surface area contributed by atoms with Gasteiger partial charge in [0, 0.05) is 19.5 Å². The van der Waals surface area contributed by atoms with Crippen LogP contribution in [0.2, 0.25) is 0 Å². The van der Waals surface area contributed by atoms with Crippen molar-refractivity contribution in [3.63, 3.8) is 0 Å². The average Bonchev–Trinajstić information content (AvgIpc) is 2.63. The molecule has 156 valence electrons. The molecule has 1 saturated heterocycles. The molecule has 0 unspecified atom stereocenters. The number of amides is 2. The van der Waals surface area contributed by atoms with Crippen molar-refractivity contribution >= 4 is 17.8 Å². The summed E-state index contributed by atoms with van der Waals surface area (Å²) in [4.78, 5) is 39.3. The van der Waals surface area contributed by atoms with Gasteiger partial charge in [-0.15, -0.1) is 0 Å². The fraction of sp³-hybridized carbons (Fsp3) is 0.850. The minimum absolute atomic E-state index is 0.0942. The Labute approximate surface area is 163 Å². The highest BCUT2D eigenvalue weighted by Gasteiger charge is 2.30. The fourth-order valence-electron chi connectivity index (χ4n) is 3.21. The third kappa shape index (κ3) is 8.28. The Balaban J connectivity index is 2.74. The van der Waals surface area contributed by atoms with Gasteiger partial charge in [-0.25, -0.2) is 0 Å². The molecule has 1 rings (SSSR count). The Kier molecular flexibility index (Phi) is 10.4. The number of hydrogen-bond donors (Lipinski definition) is 2. The minimum atomic E-state index is -0.697. The van der Waals surface area contributed by atoms with Crippen LogP contribution in [0.25, 0.3) is 0 Å². The van der Waals surface area contributed by atoms with Crippen molar-refractivity contribution in [3.05, 3.63) is 0 Å². The minimum Gasteiger partial charge on any atom is -0.465 e. The normalized spacial score (nSPS) is 16.9. The summed E-state index contributed by atoms with van der Waals surface area (Å²) in [6.07, 6.45) is 3.45. The number of likely N-dealkylation sites (N-methyl/N-ethyl adjacent to an activating group) is 1. The highest BCUT2D eigenvalue weighted by atomic mass is 16.5. The first-order valence-corrected chi connectivity index (χ1v) is 10.2. The smallest absolute Gasteiger partial charge is 0.305 e. The second kappa shape index (κ2) is 12.0. The standard InChI is InChI=1S/C20H37N3O4/c1-14(2)13-27-17(24)10-9-16(20(26)23-11-7-6-8-12-23)22-19(25)18(21-5)15(3)4/h14-16,18,21H,6-13H2,1-5H3,(H,22,25)/t16-,18-/m0/s1. The summed E-state index contributed by atoms with van der Waals surface area (Å²) in [7, 11) is 1.73. The van der Waals surface area contributed by atoms with Crippen LogP contribution in [0.5, 0.6) is 0 Å². The van der Waals surface area contributed by atoms with Crippen molar-refractivity contribution < 1.29 is 19.1 Å². The summed E-state index contributed by atoms with van der Waals surface area (Å²) >= 11 is 0. The van der Waals surface area contributed by atoms with E-state index in [-0.39, 0.29) is 48.5 Å². The van der Waals surface area contributed by atoms with Crippen molar-refractivity contribution in [2.45, 2.75) is 71.9 Å². The lowest BCUT2D eigenvalue weighted by Crippen LogP contribution is -2.55. The Morgan fingerprint density at radius 3 is 2.19 bits per heavy atom. The molecule has 1 aliphatic heterocycles. The van der Waals surface area contributed by atoms with Gasteiger partial charge < -0.3 is 20.3 Å². The van der Waals surface area contributed by atoms with Crippen LogP contribution >= 0.6 is 0 Å². The number of nitrogens with zero attached hydrogens (tertiary/aromatic N) is 1. The van der Waals surface area contributed by atoms with Crippen LogP contribution in [0.4, 0.5) is 0 Å². The lowest BCUT2D eigenvalue weighted by Gasteiger charge is -2.31. The van der Waals surface area contributed by atoms with Gasteiger partial charge >= 0.3 is 5.97 Å². The third-order valence-corrected chi connectivity index (χ3v) is 4.76. The summed E-state index contributed by atoms with van der Waals surface area (Å²) in [6, 6.07) is -1.08. The van der Waals surface area contributed by atoms with E-state index in [1.165, 1.54) is 0 Å². The van der Waals surface area contributed by atoms with Gasteiger partial charge in [0.2, 0.25) is 11.8 Å². The number of hydrogen-bond acceptors (Lipinski definition) is 5. The number of carbonyl (C=O) groups is 3. The van der Waals surface area contributed by atoms with Crippen molar-refractivity contribution in [1.82, 2.24) is 15.5 Å². The maximum Gasteiger partial charge on any atom is 0.305 e. The van der Waals surface area contributed by atoms with E-state index in [1.807, 2.05) is 27.7 Å². The van der Waals surface area contributed by atoms with Gasteiger partial charge in [-0.3, -0.25) is 14.4 Å². The Morgan fingerprint density at radius 1 is 1.04 bits per heavy atom. The molecule has 0 aliphatic carbocycles. The fourth-order valence-corrected chi connectivity index (χ4v) is 3.21. The molecule has 0 radical (unpaired) electrons. The molecular formula is C20H37N3O4. The first-order chi connectivity index (χ1) is 12.8. The van der Waals surface area contributed by atoms with Gasteiger partial charge in [-0.1, -0.05) is 27.7 Å². The largest absolute Gasteiger partial charge is 0.465 e. The van der Waals surface area contributed by atoms with E-state index in [0.29, 0.717) is 19.7 Å². The van der Waals surface area contributed by atoms with E-state index in [1.54, 1.807) is 11.9 Å². The summed E-state index contributed by atoms with van der Waals surface area (Å²) < 4.78 is 5.20. The maximum absolute atomic E-state index is 12.9. The van der Waals surface area contributed by atoms with E-state index in [2.05, 4.69) is 10.6 Å². The third-order valence-electron chi connectivity index (χ3n) is 4.76. The average molecular weight is 384 g/mol. The summed E-state index contributed by atoms with van der Waals surface area (Å²) in [5, 5.41) is 5.86. The quantitative estimate of drug-likeness (QED) is 0.561. The monoisotopic (exact) mass is 383 g/mol. The predicted molar refractivity (Wildman–Crippen MR) is 105 cm³/mol. The molecule has 0 aromatic heterocycles. The molecule has 0 saturated carbocycles. The van der Waals surface area contributed by atoms with Crippen molar-refractivity contribution in [3.8, 4) is 0 Å². The molecule has 0 aromatic carbocycles.